The van der Waals surface area contributed by atoms with Crippen LogP contribution in [0, 0.1) is 7.43 Å². The van der Waals surface area contributed by atoms with E-state index in [0.717, 1.165) is 5.69 Å². The fourth-order valence-corrected chi connectivity index (χ4v) is 0.922. The van der Waals surface area contributed by atoms with E-state index < -0.39 is 5.54 Å². The van der Waals surface area contributed by atoms with Gasteiger partial charge in [0.05, 0.1) is 5.54 Å². The third kappa shape index (κ3) is 7.96. The maximum absolute atomic E-state index is 11.7. The van der Waals surface area contributed by atoms with E-state index in [1.807, 2.05) is 58.0 Å². The molecule has 0 saturated carbocycles. The van der Waals surface area contributed by atoms with Crippen molar-refractivity contribution in [2.24, 2.45) is 0 Å². The van der Waals surface area contributed by atoms with E-state index in [2.05, 4.69) is 10.6 Å². The monoisotopic (exact) mass is 326 g/mol. The van der Waals surface area contributed by atoms with E-state index in [1.165, 1.54) is 0 Å². The van der Waals surface area contributed by atoms with Crippen LogP contribution in [-0.4, -0.2) is 18.5 Å². The molecule has 18 heavy (non-hydrogen) atoms. The molecule has 0 aromatic heterocycles. The van der Waals surface area contributed by atoms with Gasteiger partial charge in [-0.05, 0) is 33.0 Å². The Morgan fingerprint density at radius 2 is 1.56 bits per heavy atom. The number of likely N-dealkylation sites (N-methyl/N-ethyl adjacent to an activating group) is 1. The van der Waals surface area contributed by atoms with Crippen molar-refractivity contribution in [2.75, 3.05) is 12.4 Å². The molecule has 0 heterocycles. The van der Waals surface area contributed by atoms with Crippen LogP contribution >= 0.6 is 0 Å². The Morgan fingerprint density at radius 1 is 1.11 bits per heavy atom. The first kappa shape index (κ1) is 22.9. The average molecular weight is 326 g/mol. The molecule has 4 heteroatoms. The van der Waals surface area contributed by atoms with Crippen LogP contribution in [0.4, 0.5) is 5.69 Å². The summed E-state index contributed by atoms with van der Waals surface area (Å²) in [6.07, 6.45) is 0. The molecule has 101 valence electrons. The van der Waals surface area contributed by atoms with Crippen molar-refractivity contribution in [1.29, 1.82) is 0 Å². The second-order valence-electron chi connectivity index (χ2n) is 3.70. The quantitative estimate of drug-likeness (QED) is 0.838. The summed E-state index contributed by atoms with van der Waals surface area (Å²) in [5.41, 5.74) is 0.274. The molecule has 1 aromatic carbocycles. The van der Waals surface area contributed by atoms with Gasteiger partial charge in [-0.15, -0.1) is 0 Å². The third-order valence-electron chi connectivity index (χ3n) is 2.22. The molecule has 0 aliphatic carbocycles. The third-order valence-corrected chi connectivity index (χ3v) is 2.22. The van der Waals surface area contributed by atoms with E-state index in [9.17, 15) is 4.79 Å². The molecular formula is C14H25N2OY-. The van der Waals surface area contributed by atoms with Crippen molar-refractivity contribution in [3.63, 3.8) is 0 Å². The number of rotatable bonds is 3. The van der Waals surface area contributed by atoms with E-state index in [4.69, 9.17) is 0 Å². The number of amides is 1. The van der Waals surface area contributed by atoms with Gasteiger partial charge in [-0.1, -0.05) is 32.0 Å². The number of benzene rings is 1. The Labute approximate surface area is 137 Å². The van der Waals surface area contributed by atoms with Gasteiger partial charge < -0.3 is 18.1 Å². The molecule has 1 aromatic rings. The number of hydrogen-bond acceptors (Lipinski definition) is 2. The summed E-state index contributed by atoms with van der Waals surface area (Å²) >= 11 is 0. The average Bonchev–Trinajstić information content (AvgIpc) is 2.33. The molecule has 0 saturated heterocycles. The topological polar surface area (TPSA) is 41.1 Å². The Morgan fingerprint density at radius 3 is 1.94 bits per heavy atom. The van der Waals surface area contributed by atoms with Crippen LogP contribution in [0.25, 0.3) is 0 Å². The Kier molecular flexibility index (Phi) is 15.0. The molecule has 1 amide bonds. The van der Waals surface area contributed by atoms with Crippen molar-refractivity contribution < 1.29 is 37.5 Å². The van der Waals surface area contributed by atoms with Crippen molar-refractivity contribution >= 4 is 11.6 Å². The van der Waals surface area contributed by atoms with E-state index >= 15 is 0 Å². The van der Waals surface area contributed by atoms with Crippen LogP contribution in [0.15, 0.2) is 30.3 Å². The zero-order valence-electron chi connectivity index (χ0n) is 12.4. The van der Waals surface area contributed by atoms with Gasteiger partial charge in [0.25, 0.3) is 0 Å². The summed E-state index contributed by atoms with van der Waals surface area (Å²) in [4.78, 5) is 11.7. The first-order chi connectivity index (χ1) is 7.56. The first-order valence-corrected chi connectivity index (χ1v) is 5.61. The first-order valence-electron chi connectivity index (χ1n) is 5.61. The van der Waals surface area contributed by atoms with Crippen LogP contribution in [0.2, 0.25) is 0 Å². The molecule has 3 nitrogen and oxygen atoms in total. The predicted octanol–water partition coefficient (Wildman–Crippen LogP) is 3.10. The van der Waals surface area contributed by atoms with Crippen molar-refractivity contribution in [3.05, 3.63) is 37.8 Å². The van der Waals surface area contributed by atoms with Crippen LogP contribution < -0.4 is 10.6 Å². The van der Waals surface area contributed by atoms with E-state index in [0.29, 0.717) is 0 Å². The van der Waals surface area contributed by atoms with Crippen LogP contribution in [0.5, 0.6) is 0 Å². The standard InChI is InChI=1S/C11H16N2O.C2H6.CH3.Y/c1-11(2,12-3)10(14)13-9-7-5-4-6-8-9;1-2;;/h4-8,12H,1-3H3,(H,13,14);1-2H3;1H3;/q;;-1;. The summed E-state index contributed by atoms with van der Waals surface area (Å²) in [7, 11) is 1.77. The van der Waals surface area contributed by atoms with Crippen LogP contribution in [0.3, 0.4) is 0 Å². The van der Waals surface area contributed by atoms with Gasteiger partial charge in [0.2, 0.25) is 5.91 Å². The fraction of sp³-hybridized carbons (Fsp3) is 0.429. The molecule has 0 spiro atoms. The molecule has 2 N–H and O–H groups in total. The van der Waals surface area contributed by atoms with Crippen molar-refractivity contribution in [3.8, 4) is 0 Å². The zero-order chi connectivity index (χ0) is 12.6. The minimum absolute atomic E-state index is 0. The van der Waals surface area contributed by atoms with Gasteiger partial charge in [0, 0.05) is 38.4 Å². The van der Waals surface area contributed by atoms with Gasteiger partial charge in [-0.25, -0.2) is 0 Å². The number of carbonyl (C=O) groups excluding carboxylic acids is 1. The summed E-state index contributed by atoms with van der Waals surface area (Å²) in [5.74, 6) is -0.0359. The van der Waals surface area contributed by atoms with Gasteiger partial charge >= 0.3 is 0 Å². The Bertz CT molecular complexity index is 313. The van der Waals surface area contributed by atoms with Gasteiger partial charge in [-0.2, -0.15) is 0 Å². The van der Waals surface area contributed by atoms with E-state index in [1.54, 1.807) is 7.05 Å². The molecule has 1 radical (unpaired) electrons. The number of hydrogen-bond donors (Lipinski definition) is 2. The van der Waals surface area contributed by atoms with Crippen LogP contribution in [-0.2, 0) is 37.5 Å². The summed E-state index contributed by atoms with van der Waals surface area (Å²) in [5, 5.41) is 5.78. The fourth-order valence-electron chi connectivity index (χ4n) is 0.922. The molecule has 0 aliphatic heterocycles. The maximum Gasteiger partial charge on any atom is 0.244 e. The Balaban J connectivity index is -0.000000534. The second-order valence-corrected chi connectivity index (χ2v) is 3.70. The number of nitrogens with one attached hydrogen (secondary N) is 2. The van der Waals surface area contributed by atoms with Crippen molar-refractivity contribution in [2.45, 2.75) is 33.2 Å². The van der Waals surface area contributed by atoms with Crippen LogP contribution in [0.1, 0.15) is 27.7 Å². The van der Waals surface area contributed by atoms with Gasteiger partial charge in [-0.3, -0.25) is 4.79 Å². The van der Waals surface area contributed by atoms with Gasteiger partial charge in [0.1, 0.15) is 0 Å². The second kappa shape index (κ2) is 11.8. The molecule has 0 bridgehead atoms. The minimum atomic E-state index is -0.546. The summed E-state index contributed by atoms with van der Waals surface area (Å²) < 4.78 is 0. The minimum Gasteiger partial charge on any atom is -0.358 e. The Hall–Kier alpha value is -0.246. The summed E-state index contributed by atoms with van der Waals surface area (Å²) in [6.45, 7) is 7.68. The molecule has 0 fully saturated rings. The zero-order valence-corrected chi connectivity index (χ0v) is 15.2. The molecule has 0 atom stereocenters. The predicted molar refractivity (Wildman–Crippen MR) is 76.0 cm³/mol. The number of carbonyl (C=O) groups is 1. The molecule has 0 unspecified atom stereocenters. The maximum atomic E-state index is 11.7. The number of anilines is 1. The largest absolute Gasteiger partial charge is 0.358 e. The number of para-hydroxylation sites is 1. The normalized spacial score (nSPS) is 8.94. The summed E-state index contributed by atoms with van der Waals surface area (Å²) in [6, 6.07) is 9.43. The SMILES string of the molecule is CC.CNC(C)(C)C(=O)Nc1ccccc1.[CH3-].[Y]. The molecular weight excluding hydrogens is 301 g/mol. The van der Waals surface area contributed by atoms with Crippen molar-refractivity contribution in [1.82, 2.24) is 5.32 Å². The van der Waals surface area contributed by atoms with E-state index in [-0.39, 0.29) is 46.0 Å². The molecule has 0 aliphatic rings. The molecule has 1 rings (SSSR count). The van der Waals surface area contributed by atoms with Gasteiger partial charge in [0.15, 0.2) is 0 Å². The smallest absolute Gasteiger partial charge is 0.244 e.